The highest BCUT2D eigenvalue weighted by molar-refractivity contribution is 7.98. The molecule has 15 heavy (non-hydrogen) atoms. The molecule has 0 aliphatic rings. The van der Waals surface area contributed by atoms with Crippen molar-refractivity contribution in [1.29, 1.82) is 0 Å². The molecule has 1 aromatic heterocycles. The fourth-order valence-corrected chi connectivity index (χ4v) is 1.53. The van der Waals surface area contributed by atoms with E-state index in [2.05, 4.69) is 10.3 Å². The van der Waals surface area contributed by atoms with Gasteiger partial charge in [0.1, 0.15) is 5.69 Å². The van der Waals surface area contributed by atoms with Crippen LogP contribution in [0.3, 0.4) is 0 Å². The number of hydrogen-bond donors (Lipinski definition) is 2. The van der Waals surface area contributed by atoms with Crippen molar-refractivity contribution in [3.63, 3.8) is 0 Å². The minimum absolute atomic E-state index is 0.228. The van der Waals surface area contributed by atoms with Gasteiger partial charge in [0.05, 0.1) is 0 Å². The lowest BCUT2D eigenvalue weighted by Crippen LogP contribution is -2.27. The second kappa shape index (κ2) is 6.29. The van der Waals surface area contributed by atoms with Crippen molar-refractivity contribution in [3.05, 3.63) is 34.2 Å². The van der Waals surface area contributed by atoms with Crippen molar-refractivity contribution in [2.45, 2.75) is 6.42 Å². The highest BCUT2D eigenvalue weighted by atomic mass is 32.2. The Morgan fingerprint density at radius 2 is 2.33 bits per heavy atom. The molecule has 0 aliphatic carbocycles. The van der Waals surface area contributed by atoms with Crippen LogP contribution in [0.25, 0.3) is 0 Å². The number of hydrogen-bond acceptors (Lipinski definition) is 3. The summed E-state index contributed by atoms with van der Waals surface area (Å²) < 4.78 is 0. The first-order valence-electron chi connectivity index (χ1n) is 4.70. The summed E-state index contributed by atoms with van der Waals surface area (Å²) in [6.07, 6.45) is 2.96. The molecule has 82 valence electrons. The highest BCUT2D eigenvalue weighted by Crippen LogP contribution is 1.94. The summed E-state index contributed by atoms with van der Waals surface area (Å²) in [5.74, 6) is 0.791. The molecule has 5 heteroatoms. The van der Waals surface area contributed by atoms with Crippen LogP contribution in [0.4, 0.5) is 0 Å². The van der Waals surface area contributed by atoms with Gasteiger partial charge in [0.2, 0.25) is 5.56 Å². The summed E-state index contributed by atoms with van der Waals surface area (Å²) in [4.78, 5) is 24.9. The predicted octanol–water partition coefficient (Wildman–Crippen LogP) is 0.858. The van der Waals surface area contributed by atoms with Crippen molar-refractivity contribution in [1.82, 2.24) is 10.3 Å². The lowest BCUT2D eigenvalue weighted by Gasteiger charge is -2.03. The quantitative estimate of drug-likeness (QED) is 0.732. The van der Waals surface area contributed by atoms with Crippen molar-refractivity contribution in [2.75, 3.05) is 18.6 Å². The van der Waals surface area contributed by atoms with Crippen LogP contribution in [0.2, 0.25) is 0 Å². The van der Waals surface area contributed by atoms with Gasteiger partial charge in [0.25, 0.3) is 5.91 Å². The van der Waals surface area contributed by atoms with E-state index in [0.717, 1.165) is 12.2 Å². The first-order chi connectivity index (χ1) is 7.24. The summed E-state index contributed by atoms with van der Waals surface area (Å²) in [7, 11) is 0. The maximum atomic E-state index is 11.5. The van der Waals surface area contributed by atoms with E-state index in [1.165, 1.54) is 6.07 Å². The minimum Gasteiger partial charge on any atom is -0.351 e. The summed E-state index contributed by atoms with van der Waals surface area (Å²) in [6.45, 7) is 0.636. The van der Waals surface area contributed by atoms with Gasteiger partial charge in [-0.1, -0.05) is 6.07 Å². The fraction of sp³-hybridized carbons (Fsp3) is 0.400. The molecule has 1 aromatic rings. The molecule has 1 amide bonds. The van der Waals surface area contributed by atoms with E-state index in [0.29, 0.717) is 12.2 Å². The molecule has 0 spiro atoms. The molecule has 0 fully saturated rings. The number of carbonyl (C=O) groups is 1. The lowest BCUT2D eigenvalue weighted by molar-refractivity contribution is 0.0948. The van der Waals surface area contributed by atoms with E-state index in [-0.39, 0.29) is 11.5 Å². The third kappa shape index (κ3) is 4.20. The number of aromatic nitrogens is 1. The van der Waals surface area contributed by atoms with Gasteiger partial charge in [-0.25, -0.2) is 0 Å². The average molecular weight is 226 g/mol. The van der Waals surface area contributed by atoms with E-state index in [4.69, 9.17) is 0 Å². The van der Waals surface area contributed by atoms with Gasteiger partial charge in [-0.3, -0.25) is 9.59 Å². The number of carbonyl (C=O) groups excluding carboxylic acids is 1. The highest BCUT2D eigenvalue weighted by Gasteiger charge is 2.04. The topological polar surface area (TPSA) is 62.0 Å². The van der Waals surface area contributed by atoms with E-state index in [9.17, 15) is 9.59 Å². The van der Waals surface area contributed by atoms with Crippen LogP contribution in [0.15, 0.2) is 23.0 Å². The molecular formula is C10H14N2O2S. The molecule has 4 nitrogen and oxygen atoms in total. The zero-order valence-corrected chi connectivity index (χ0v) is 9.39. The first kappa shape index (κ1) is 11.8. The zero-order valence-electron chi connectivity index (χ0n) is 8.58. The van der Waals surface area contributed by atoms with E-state index in [1.54, 1.807) is 23.9 Å². The molecule has 0 radical (unpaired) electrons. The molecule has 0 saturated heterocycles. The van der Waals surface area contributed by atoms with Crippen LogP contribution in [0.1, 0.15) is 16.9 Å². The van der Waals surface area contributed by atoms with Crippen molar-refractivity contribution in [3.8, 4) is 0 Å². The van der Waals surface area contributed by atoms with E-state index >= 15 is 0 Å². The van der Waals surface area contributed by atoms with Gasteiger partial charge < -0.3 is 10.3 Å². The Morgan fingerprint density at radius 3 is 3.00 bits per heavy atom. The van der Waals surface area contributed by atoms with Gasteiger partial charge in [-0.15, -0.1) is 0 Å². The molecule has 0 aliphatic heterocycles. The smallest absolute Gasteiger partial charge is 0.267 e. The Labute approximate surface area is 92.5 Å². The first-order valence-corrected chi connectivity index (χ1v) is 6.10. The molecule has 0 atom stereocenters. The lowest BCUT2D eigenvalue weighted by atomic mass is 10.3. The standard InChI is InChI=1S/C10H14N2O2S/c1-15-7-3-6-11-10(14)8-4-2-5-9(13)12-8/h2,4-5H,3,6-7H2,1H3,(H,11,14)(H,12,13). The third-order valence-corrected chi connectivity index (χ3v) is 2.52. The maximum absolute atomic E-state index is 11.5. The van der Waals surface area contributed by atoms with Crippen molar-refractivity contribution < 1.29 is 4.79 Å². The summed E-state index contributed by atoms with van der Waals surface area (Å²) in [5, 5.41) is 2.74. The van der Waals surface area contributed by atoms with Gasteiger partial charge in [-0.05, 0) is 24.5 Å². The Bertz CT molecular complexity index is 376. The molecule has 0 aromatic carbocycles. The van der Waals surface area contributed by atoms with Gasteiger partial charge in [-0.2, -0.15) is 11.8 Å². The Kier molecular flexibility index (Phi) is 4.97. The van der Waals surface area contributed by atoms with Crippen LogP contribution < -0.4 is 10.9 Å². The number of amides is 1. The van der Waals surface area contributed by atoms with Crippen LogP contribution in [0.5, 0.6) is 0 Å². The molecule has 2 N–H and O–H groups in total. The summed E-state index contributed by atoms with van der Waals surface area (Å²) in [5.41, 5.74) is 0.0541. The zero-order chi connectivity index (χ0) is 11.1. The molecule has 1 rings (SSSR count). The largest absolute Gasteiger partial charge is 0.351 e. The molecule has 0 unspecified atom stereocenters. The van der Waals surface area contributed by atoms with Crippen molar-refractivity contribution in [2.24, 2.45) is 0 Å². The number of H-pyrrole nitrogens is 1. The Balaban J connectivity index is 2.44. The second-order valence-electron chi connectivity index (χ2n) is 3.03. The minimum atomic E-state index is -0.258. The monoisotopic (exact) mass is 226 g/mol. The fourth-order valence-electron chi connectivity index (χ4n) is 1.09. The van der Waals surface area contributed by atoms with E-state index in [1.807, 2.05) is 6.26 Å². The van der Waals surface area contributed by atoms with Crippen LogP contribution in [-0.2, 0) is 0 Å². The molecular weight excluding hydrogens is 212 g/mol. The SMILES string of the molecule is CSCCCNC(=O)c1cccc(=O)[nH]1. The maximum Gasteiger partial charge on any atom is 0.267 e. The number of rotatable bonds is 5. The van der Waals surface area contributed by atoms with Crippen LogP contribution in [-0.4, -0.2) is 29.4 Å². The van der Waals surface area contributed by atoms with Crippen LogP contribution >= 0.6 is 11.8 Å². The van der Waals surface area contributed by atoms with Crippen molar-refractivity contribution >= 4 is 17.7 Å². The predicted molar refractivity (Wildman–Crippen MR) is 62.4 cm³/mol. The number of aromatic amines is 1. The molecule has 0 bridgehead atoms. The molecule has 0 saturated carbocycles. The van der Waals surface area contributed by atoms with Gasteiger partial charge in [0.15, 0.2) is 0 Å². The number of nitrogens with one attached hydrogen (secondary N) is 2. The van der Waals surface area contributed by atoms with E-state index < -0.39 is 0 Å². The summed E-state index contributed by atoms with van der Waals surface area (Å²) >= 11 is 1.74. The molecule has 1 heterocycles. The van der Waals surface area contributed by atoms with Crippen LogP contribution in [0, 0.1) is 0 Å². The summed E-state index contributed by atoms with van der Waals surface area (Å²) in [6, 6.07) is 4.53. The second-order valence-corrected chi connectivity index (χ2v) is 4.02. The Morgan fingerprint density at radius 1 is 1.53 bits per heavy atom. The third-order valence-electron chi connectivity index (χ3n) is 1.82. The normalized spacial score (nSPS) is 9.93. The van der Waals surface area contributed by atoms with Gasteiger partial charge in [0, 0.05) is 12.6 Å². The number of thioether (sulfide) groups is 1. The Hall–Kier alpha value is -1.23. The number of pyridine rings is 1. The average Bonchev–Trinajstić information content (AvgIpc) is 2.24. The van der Waals surface area contributed by atoms with Gasteiger partial charge >= 0.3 is 0 Å².